The molecule has 4 aromatic rings. The van der Waals surface area contributed by atoms with E-state index < -0.39 is 10.0 Å². The van der Waals surface area contributed by atoms with E-state index in [1.165, 1.54) is 58.0 Å². The third-order valence-electron chi connectivity index (χ3n) is 5.06. The van der Waals surface area contributed by atoms with Crippen LogP contribution in [0.1, 0.15) is 0 Å². The normalized spacial score (nSPS) is 11.0. The molecule has 2 aromatic heterocycles. The van der Waals surface area contributed by atoms with Crippen molar-refractivity contribution in [3.63, 3.8) is 0 Å². The van der Waals surface area contributed by atoms with E-state index in [0.29, 0.717) is 21.8 Å². The number of hydrogen-bond acceptors (Lipinski definition) is 9. The van der Waals surface area contributed by atoms with E-state index in [9.17, 15) is 13.6 Å². The fraction of sp³-hybridized carbons (Fsp3) is 0.125. The number of pyridine rings is 1. The third kappa shape index (κ3) is 5.60. The molecule has 0 fully saturated rings. The van der Waals surface area contributed by atoms with Crippen molar-refractivity contribution >= 4 is 27.4 Å². The van der Waals surface area contributed by atoms with E-state index in [4.69, 9.17) is 30.5 Å². The fourth-order valence-electron chi connectivity index (χ4n) is 3.26. The van der Waals surface area contributed by atoms with Crippen LogP contribution in [0.4, 0.5) is 5.82 Å². The monoisotopic (exact) mass is 544 g/mol. The zero-order valence-electron chi connectivity index (χ0n) is 19.8. The van der Waals surface area contributed by atoms with Gasteiger partial charge in [0.1, 0.15) is 16.4 Å². The largest absolute Gasteiger partial charge is 0.619 e. The average molecular weight is 545 g/mol. The van der Waals surface area contributed by atoms with Crippen LogP contribution in [0, 0.1) is 5.21 Å². The van der Waals surface area contributed by atoms with Crippen molar-refractivity contribution in [1.29, 1.82) is 0 Å². The lowest BCUT2D eigenvalue weighted by Crippen LogP contribution is -2.23. The Labute approximate surface area is 217 Å². The van der Waals surface area contributed by atoms with Gasteiger partial charge in [-0.2, -0.15) is 4.73 Å². The smallest absolute Gasteiger partial charge is 0.266 e. The molecule has 0 atom stereocenters. The Hall–Kier alpha value is -4.29. The number of para-hydroxylation sites is 2. The van der Waals surface area contributed by atoms with Crippen molar-refractivity contribution < 1.29 is 32.1 Å². The van der Waals surface area contributed by atoms with Gasteiger partial charge in [0.25, 0.3) is 10.0 Å². The topological polar surface area (TPSA) is 136 Å². The van der Waals surface area contributed by atoms with Gasteiger partial charge in [-0.05, 0) is 24.3 Å². The number of halogens is 1. The van der Waals surface area contributed by atoms with Crippen LogP contribution in [0.2, 0.25) is 5.15 Å². The molecule has 0 spiro atoms. The molecule has 2 aromatic carbocycles. The Kier molecular flexibility index (Phi) is 7.50. The molecule has 0 saturated heterocycles. The lowest BCUT2D eigenvalue weighted by Gasteiger charge is -2.17. The quantitative estimate of drug-likeness (QED) is 0.188. The van der Waals surface area contributed by atoms with Gasteiger partial charge in [0.2, 0.25) is 5.75 Å². The lowest BCUT2D eigenvalue weighted by molar-refractivity contribution is -0.605. The molecule has 37 heavy (non-hydrogen) atoms. The molecule has 0 radical (unpaired) electrons. The lowest BCUT2D eigenvalue weighted by atomic mass is 10.2. The van der Waals surface area contributed by atoms with E-state index in [1.54, 1.807) is 30.3 Å². The standard InChI is InChI=1S/C24H21ClN4O7S/c1-33-16-8-9-19(35-3)20(14-16)37(31,32)28-24-21(36-18-7-5-4-6-17(18)34-2)22(25)26-23(27-24)15-10-12-29(30)13-11-15/h4-14H,1-3H3,(H,26,27,28). The molecule has 0 aliphatic rings. The highest BCUT2D eigenvalue weighted by Crippen LogP contribution is 2.40. The van der Waals surface area contributed by atoms with E-state index >= 15 is 0 Å². The van der Waals surface area contributed by atoms with Gasteiger partial charge in [-0.25, -0.2) is 18.4 Å². The Morgan fingerprint density at radius 2 is 1.57 bits per heavy atom. The summed E-state index contributed by atoms with van der Waals surface area (Å²) < 4.78 is 51.7. The predicted molar refractivity (Wildman–Crippen MR) is 135 cm³/mol. The maximum atomic E-state index is 13.5. The molecule has 0 bridgehead atoms. The first-order valence-electron chi connectivity index (χ1n) is 10.6. The van der Waals surface area contributed by atoms with Crippen LogP contribution in [0.5, 0.6) is 28.7 Å². The van der Waals surface area contributed by atoms with Gasteiger partial charge in [0.05, 0.1) is 21.3 Å². The number of ether oxygens (including phenoxy) is 4. The van der Waals surface area contributed by atoms with Crippen LogP contribution >= 0.6 is 11.6 Å². The molecular formula is C24H21ClN4O7S. The van der Waals surface area contributed by atoms with Crippen molar-refractivity contribution in [3.8, 4) is 40.1 Å². The van der Waals surface area contributed by atoms with Gasteiger partial charge in [-0.1, -0.05) is 23.7 Å². The average Bonchev–Trinajstić information content (AvgIpc) is 2.90. The molecule has 1 N–H and O–H groups in total. The number of aromatic nitrogens is 3. The van der Waals surface area contributed by atoms with E-state index in [0.717, 1.165) is 0 Å². The van der Waals surface area contributed by atoms with Crippen molar-refractivity contribution in [3.05, 3.63) is 77.4 Å². The summed E-state index contributed by atoms with van der Waals surface area (Å²) in [5.74, 6) is 0.601. The van der Waals surface area contributed by atoms with Gasteiger partial charge in [0.15, 0.2) is 40.7 Å². The number of hydrogen-bond donors (Lipinski definition) is 1. The Balaban J connectivity index is 1.86. The minimum atomic E-state index is -4.31. The molecule has 0 saturated carbocycles. The van der Waals surface area contributed by atoms with Crippen LogP contribution in [-0.2, 0) is 10.0 Å². The van der Waals surface area contributed by atoms with E-state index in [2.05, 4.69) is 14.7 Å². The number of methoxy groups -OCH3 is 3. The molecule has 0 amide bonds. The maximum Gasteiger partial charge on any atom is 0.266 e. The summed E-state index contributed by atoms with van der Waals surface area (Å²) in [7, 11) is -0.102. The van der Waals surface area contributed by atoms with Crippen molar-refractivity contribution in [2.75, 3.05) is 26.1 Å². The number of anilines is 1. The third-order valence-corrected chi connectivity index (χ3v) is 6.67. The number of rotatable bonds is 9. The summed E-state index contributed by atoms with van der Waals surface area (Å²) in [5, 5.41) is 11.3. The SMILES string of the molecule is COc1ccc(OC)c(S(=O)(=O)Nc2nc(-c3cc[n+]([O-])cc3)nc(Cl)c2Oc2ccccc2OC)c1. The van der Waals surface area contributed by atoms with Crippen molar-refractivity contribution in [2.45, 2.75) is 4.90 Å². The van der Waals surface area contributed by atoms with Gasteiger partial charge in [-0.15, -0.1) is 0 Å². The predicted octanol–water partition coefficient (Wildman–Crippen LogP) is 4.05. The van der Waals surface area contributed by atoms with Crippen molar-refractivity contribution in [1.82, 2.24) is 9.97 Å². The number of nitrogens with zero attached hydrogens (tertiary/aromatic N) is 3. The Morgan fingerprint density at radius 3 is 2.22 bits per heavy atom. The van der Waals surface area contributed by atoms with Gasteiger partial charge < -0.3 is 24.2 Å². The first-order chi connectivity index (χ1) is 17.7. The molecule has 0 aliphatic carbocycles. The zero-order chi connectivity index (χ0) is 26.6. The second-order valence-corrected chi connectivity index (χ2v) is 9.35. The molecule has 192 valence electrons. The highest BCUT2D eigenvalue weighted by molar-refractivity contribution is 7.92. The van der Waals surface area contributed by atoms with Crippen LogP contribution in [0.15, 0.2) is 71.9 Å². The van der Waals surface area contributed by atoms with Crippen LogP contribution in [0.3, 0.4) is 0 Å². The summed E-state index contributed by atoms with van der Waals surface area (Å²) in [6.45, 7) is 0. The minimum absolute atomic E-state index is 0.0493. The van der Waals surface area contributed by atoms with Gasteiger partial charge in [-0.3, -0.25) is 4.72 Å². The summed E-state index contributed by atoms with van der Waals surface area (Å²) in [6.07, 6.45) is 2.49. The number of sulfonamides is 1. The first-order valence-corrected chi connectivity index (χ1v) is 12.4. The van der Waals surface area contributed by atoms with E-state index in [1.807, 2.05) is 0 Å². The Morgan fingerprint density at radius 1 is 0.892 bits per heavy atom. The number of nitrogens with one attached hydrogen (secondary N) is 1. The zero-order valence-corrected chi connectivity index (χ0v) is 21.4. The van der Waals surface area contributed by atoms with E-state index in [-0.39, 0.29) is 38.9 Å². The second-order valence-electron chi connectivity index (χ2n) is 7.34. The Bertz CT molecular complexity index is 1530. The molecule has 11 nitrogen and oxygen atoms in total. The molecule has 0 unspecified atom stereocenters. The molecular weight excluding hydrogens is 524 g/mol. The fourth-order valence-corrected chi connectivity index (χ4v) is 4.66. The first kappa shape index (κ1) is 25.8. The summed E-state index contributed by atoms with van der Waals surface area (Å²) in [6, 6.07) is 14.0. The maximum absolute atomic E-state index is 13.5. The number of benzene rings is 2. The second kappa shape index (κ2) is 10.8. The summed E-state index contributed by atoms with van der Waals surface area (Å²) in [4.78, 5) is 8.40. The van der Waals surface area contributed by atoms with Gasteiger partial charge >= 0.3 is 0 Å². The molecule has 2 heterocycles. The minimum Gasteiger partial charge on any atom is -0.619 e. The van der Waals surface area contributed by atoms with Crippen LogP contribution in [0.25, 0.3) is 11.4 Å². The van der Waals surface area contributed by atoms with Gasteiger partial charge in [0, 0.05) is 23.8 Å². The molecule has 13 heteroatoms. The van der Waals surface area contributed by atoms with Crippen LogP contribution < -0.4 is 28.4 Å². The highest BCUT2D eigenvalue weighted by atomic mass is 35.5. The summed E-state index contributed by atoms with van der Waals surface area (Å²) >= 11 is 6.48. The summed E-state index contributed by atoms with van der Waals surface area (Å²) in [5.41, 5.74) is 0.414. The van der Waals surface area contributed by atoms with Crippen LogP contribution in [-0.4, -0.2) is 39.7 Å². The highest BCUT2D eigenvalue weighted by Gasteiger charge is 2.26. The molecule has 4 rings (SSSR count). The van der Waals surface area contributed by atoms with Crippen molar-refractivity contribution in [2.24, 2.45) is 0 Å². The molecule has 0 aliphatic heterocycles.